The fourth-order valence-corrected chi connectivity index (χ4v) is 5.97. The van der Waals surface area contributed by atoms with Gasteiger partial charge in [-0.05, 0) is 56.3 Å². The minimum absolute atomic E-state index is 0.523. The molecule has 4 heterocycles. The number of para-hydroxylation sites is 1. The van der Waals surface area contributed by atoms with Crippen molar-refractivity contribution in [1.29, 1.82) is 0 Å². The predicted octanol–water partition coefficient (Wildman–Crippen LogP) is 4.98. The van der Waals surface area contributed by atoms with Gasteiger partial charge in [-0.2, -0.15) is 0 Å². The lowest BCUT2D eigenvalue weighted by atomic mass is 10.1. The maximum absolute atomic E-state index is 6.50. The first-order valence-electron chi connectivity index (χ1n) is 14.6. The molecule has 2 aliphatic rings. The van der Waals surface area contributed by atoms with Gasteiger partial charge in [-0.3, -0.25) is 0 Å². The first-order chi connectivity index (χ1) is 20.9. The van der Waals surface area contributed by atoms with E-state index < -0.39 is 0 Å². The number of piperazine rings is 1. The van der Waals surface area contributed by atoms with Crippen LogP contribution in [0.3, 0.4) is 0 Å². The molecular weight excluding hydrogens is 538 g/mol. The number of hydrogen-bond acceptors (Lipinski definition) is 9. The molecule has 2 aromatic heterocycles. The van der Waals surface area contributed by atoms with Crippen molar-refractivity contribution in [2.24, 2.45) is 0 Å². The van der Waals surface area contributed by atoms with Crippen molar-refractivity contribution in [3.8, 4) is 17.0 Å². The number of nitrogen functional groups attached to an aromatic ring is 3. The topological polar surface area (TPSA) is 137 Å². The number of nitrogens with two attached hydrogens (primary N) is 3. The Morgan fingerprint density at radius 2 is 1.63 bits per heavy atom. The Bertz CT molecular complexity index is 1720. The van der Waals surface area contributed by atoms with E-state index in [1.54, 1.807) is 25.3 Å². The SMILES string of the molecule is COc1cc(N2CCN(C)CC2)c(N)cc1Nc1nccc(-c2c3n(c4ccccc24)CCC3)n1.Nc1cccc(N)c1. The minimum atomic E-state index is 0.523. The zero-order chi connectivity index (χ0) is 29.9. The number of benzene rings is 3. The number of methoxy groups -OCH3 is 1. The summed E-state index contributed by atoms with van der Waals surface area (Å²) in [7, 11) is 3.83. The van der Waals surface area contributed by atoms with Crippen LogP contribution in [0.2, 0.25) is 0 Å². The van der Waals surface area contributed by atoms with Gasteiger partial charge in [0.05, 0.1) is 29.9 Å². The van der Waals surface area contributed by atoms with E-state index in [1.807, 2.05) is 30.5 Å². The van der Waals surface area contributed by atoms with Crippen molar-refractivity contribution in [3.63, 3.8) is 0 Å². The molecule has 1 fully saturated rings. The average molecular weight is 578 g/mol. The van der Waals surface area contributed by atoms with Crippen LogP contribution in [0.4, 0.5) is 34.4 Å². The van der Waals surface area contributed by atoms with E-state index in [1.165, 1.54) is 28.6 Å². The molecule has 0 atom stereocenters. The summed E-state index contributed by atoms with van der Waals surface area (Å²) in [5.74, 6) is 1.24. The Morgan fingerprint density at radius 1 is 0.860 bits per heavy atom. The first kappa shape index (κ1) is 28.2. The van der Waals surface area contributed by atoms with Gasteiger partial charge < -0.3 is 41.6 Å². The Hall–Kier alpha value is -4.96. The Labute approximate surface area is 252 Å². The van der Waals surface area contributed by atoms with Crippen molar-refractivity contribution >= 4 is 45.3 Å². The van der Waals surface area contributed by atoms with Crippen molar-refractivity contribution in [2.45, 2.75) is 19.4 Å². The molecule has 1 saturated heterocycles. The number of ether oxygens (including phenoxy) is 1. The molecule has 0 aliphatic carbocycles. The van der Waals surface area contributed by atoms with Crippen LogP contribution in [-0.4, -0.2) is 59.8 Å². The maximum atomic E-state index is 6.50. The van der Waals surface area contributed by atoms with E-state index in [-0.39, 0.29) is 0 Å². The number of rotatable bonds is 5. The maximum Gasteiger partial charge on any atom is 0.227 e. The summed E-state index contributed by atoms with van der Waals surface area (Å²) >= 11 is 0. The van der Waals surface area contributed by atoms with E-state index in [4.69, 9.17) is 26.9 Å². The lowest BCUT2D eigenvalue weighted by Crippen LogP contribution is -2.44. The quantitative estimate of drug-likeness (QED) is 0.213. The predicted molar refractivity (Wildman–Crippen MR) is 177 cm³/mol. The van der Waals surface area contributed by atoms with Gasteiger partial charge in [0.15, 0.2) is 0 Å². The molecule has 7 rings (SSSR count). The molecular formula is C33H39N9O. The molecule has 0 radical (unpaired) electrons. The molecule has 10 heteroatoms. The third-order valence-electron chi connectivity index (χ3n) is 8.14. The number of aryl methyl sites for hydroxylation is 1. The second-order valence-electron chi connectivity index (χ2n) is 11.1. The van der Waals surface area contributed by atoms with Crippen LogP contribution in [-0.2, 0) is 13.0 Å². The van der Waals surface area contributed by atoms with Gasteiger partial charge >= 0.3 is 0 Å². The molecule has 0 bridgehead atoms. The zero-order valence-electron chi connectivity index (χ0n) is 24.8. The number of nitrogens with one attached hydrogen (secondary N) is 1. The number of fused-ring (bicyclic) bond motifs is 3. The third kappa shape index (κ3) is 5.87. The van der Waals surface area contributed by atoms with E-state index in [2.05, 4.69) is 56.0 Å². The molecule has 7 N–H and O–H groups in total. The fourth-order valence-electron chi connectivity index (χ4n) is 5.97. The highest BCUT2D eigenvalue weighted by Crippen LogP contribution is 2.39. The van der Waals surface area contributed by atoms with E-state index in [0.717, 1.165) is 62.0 Å². The molecule has 0 unspecified atom stereocenters. The molecule has 222 valence electrons. The first-order valence-corrected chi connectivity index (χ1v) is 14.6. The Kier molecular flexibility index (Phi) is 7.93. The van der Waals surface area contributed by atoms with Gasteiger partial charge in [0.25, 0.3) is 0 Å². The fraction of sp³-hybridized carbons (Fsp3) is 0.273. The van der Waals surface area contributed by atoms with Gasteiger partial charge in [-0.1, -0.05) is 24.3 Å². The highest BCUT2D eigenvalue weighted by molar-refractivity contribution is 5.97. The molecule has 0 saturated carbocycles. The largest absolute Gasteiger partial charge is 0.494 e. The van der Waals surface area contributed by atoms with E-state index >= 15 is 0 Å². The molecule has 43 heavy (non-hydrogen) atoms. The summed E-state index contributed by atoms with van der Waals surface area (Å²) in [6.07, 6.45) is 4.04. The smallest absolute Gasteiger partial charge is 0.227 e. The van der Waals surface area contributed by atoms with Crippen molar-refractivity contribution in [1.82, 2.24) is 19.4 Å². The van der Waals surface area contributed by atoms with Crippen molar-refractivity contribution in [3.05, 3.63) is 78.6 Å². The van der Waals surface area contributed by atoms with Crippen LogP contribution in [0.5, 0.6) is 5.75 Å². The summed E-state index contributed by atoms with van der Waals surface area (Å²) in [6, 6.07) is 21.7. The standard InChI is InChI=1S/C27H31N7O.C6H8N2/c1-32-12-14-33(15-13-32)24-17-25(35-2)21(16-19(24)28)31-27-29-10-9-20(30-27)26-18-6-3-4-7-22(18)34-11-5-8-23(26)34;7-5-2-1-3-6(8)4-5/h3-4,6-7,9-10,16-17H,5,8,11-15,28H2,1-2H3,(H,29,30,31);1-4H,7-8H2. The van der Waals surface area contributed by atoms with Crippen LogP contribution in [0, 0.1) is 0 Å². The number of nitrogens with zero attached hydrogens (tertiary/aromatic N) is 5. The third-order valence-corrected chi connectivity index (χ3v) is 8.14. The Morgan fingerprint density at radius 3 is 2.35 bits per heavy atom. The average Bonchev–Trinajstić information content (AvgIpc) is 3.59. The summed E-state index contributed by atoms with van der Waals surface area (Å²) in [4.78, 5) is 14.1. The number of hydrogen-bond donors (Lipinski definition) is 4. The van der Waals surface area contributed by atoms with Crippen molar-refractivity contribution in [2.75, 3.05) is 67.8 Å². The monoisotopic (exact) mass is 577 g/mol. The number of aromatic nitrogens is 3. The van der Waals surface area contributed by atoms with Crippen LogP contribution in [0.1, 0.15) is 12.1 Å². The molecule has 0 spiro atoms. The summed E-state index contributed by atoms with van der Waals surface area (Å²) in [5, 5.41) is 4.60. The summed E-state index contributed by atoms with van der Waals surface area (Å²) < 4.78 is 8.16. The summed E-state index contributed by atoms with van der Waals surface area (Å²) in [5.41, 5.74) is 25.9. The molecule has 0 amide bonds. The highest BCUT2D eigenvalue weighted by atomic mass is 16.5. The Balaban J connectivity index is 0.000000359. The normalized spacial score (nSPS) is 14.7. The zero-order valence-corrected chi connectivity index (χ0v) is 24.8. The molecule has 10 nitrogen and oxygen atoms in total. The van der Waals surface area contributed by atoms with Crippen LogP contribution >= 0.6 is 0 Å². The second-order valence-corrected chi connectivity index (χ2v) is 11.1. The van der Waals surface area contributed by atoms with E-state index in [0.29, 0.717) is 23.0 Å². The van der Waals surface area contributed by atoms with Gasteiger partial charge in [-0.25, -0.2) is 9.97 Å². The van der Waals surface area contributed by atoms with Gasteiger partial charge in [0, 0.05) is 78.5 Å². The molecule has 3 aromatic carbocycles. The minimum Gasteiger partial charge on any atom is -0.494 e. The highest BCUT2D eigenvalue weighted by Gasteiger charge is 2.23. The number of likely N-dealkylation sites (N-methyl/N-ethyl adjacent to an activating group) is 1. The van der Waals surface area contributed by atoms with E-state index in [9.17, 15) is 0 Å². The lowest BCUT2D eigenvalue weighted by Gasteiger charge is -2.35. The lowest BCUT2D eigenvalue weighted by molar-refractivity contribution is 0.313. The van der Waals surface area contributed by atoms with Gasteiger partial charge in [-0.15, -0.1) is 0 Å². The van der Waals surface area contributed by atoms with Gasteiger partial charge in [0.2, 0.25) is 5.95 Å². The molecule has 5 aromatic rings. The summed E-state index contributed by atoms with van der Waals surface area (Å²) in [6.45, 7) is 4.97. The molecule has 2 aliphatic heterocycles. The van der Waals surface area contributed by atoms with Crippen LogP contribution in [0.25, 0.3) is 22.2 Å². The second kappa shape index (κ2) is 12.1. The van der Waals surface area contributed by atoms with Crippen LogP contribution in [0.15, 0.2) is 72.9 Å². The van der Waals surface area contributed by atoms with Crippen LogP contribution < -0.4 is 32.2 Å². The van der Waals surface area contributed by atoms with Crippen molar-refractivity contribution < 1.29 is 4.74 Å². The number of anilines is 6. The van der Waals surface area contributed by atoms with Gasteiger partial charge in [0.1, 0.15) is 5.75 Å².